The average molecular weight is 240 g/mol. The predicted octanol–water partition coefficient (Wildman–Crippen LogP) is 1.50. The van der Waals surface area contributed by atoms with Crippen LogP contribution in [-0.4, -0.2) is 23.8 Å². The molecule has 18 heavy (non-hydrogen) atoms. The van der Waals surface area contributed by atoms with Gasteiger partial charge in [-0.2, -0.15) is 5.10 Å². The Morgan fingerprint density at radius 3 is 3.11 bits per heavy atom. The molecule has 0 saturated carbocycles. The molecule has 0 bridgehead atoms. The summed E-state index contributed by atoms with van der Waals surface area (Å²) in [6.45, 7) is 0.760. The van der Waals surface area contributed by atoms with Crippen molar-refractivity contribution < 1.29 is 4.79 Å². The van der Waals surface area contributed by atoms with Crippen LogP contribution in [0.1, 0.15) is 6.42 Å². The number of carbonyl (C=O) groups is 1. The third-order valence-electron chi connectivity index (χ3n) is 2.90. The van der Waals surface area contributed by atoms with E-state index in [2.05, 4.69) is 21.5 Å². The molecule has 0 radical (unpaired) electrons. The van der Waals surface area contributed by atoms with E-state index in [9.17, 15) is 4.79 Å². The second-order valence-corrected chi connectivity index (χ2v) is 4.07. The number of aromatic nitrogens is 1. The minimum atomic E-state index is 0.654. The number of pyridine rings is 1. The first-order chi connectivity index (χ1) is 8.86. The minimum Gasteiger partial charge on any atom is -0.315 e. The SMILES string of the molecule is O=CNC1=NN(c2cnc3ccccc3c2)CC1. The number of hydrazone groups is 1. The average Bonchev–Trinajstić information content (AvgIpc) is 2.87. The van der Waals surface area contributed by atoms with Gasteiger partial charge in [-0.05, 0) is 12.1 Å². The van der Waals surface area contributed by atoms with Crippen LogP contribution in [0.5, 0.6) is 0 Å². The van der Waals surface area contributed by atoms with Gasteiger partial charge in [-0.1, -0.05) is 18.2 Å². The van der Waals surface area contributed by atoms with E-state index in [1.807, 2.05) is 29.3 Å². The topological polar surface area (TPSA) is 57.6 Å². The number of amidine groups is 1. The van der Waals surface area contributed by atoms with Crippen LogP contribution in [0, 0.1) is 0 Å². The van der Waals surface area contributed by atoms with E-state index in [-0.39, 0.29) is 0 Å². The molecule has 0 saturated heterocycles. The standard InChI is InChI=1S/C13H12N4O/c18-9-15-13-5-6-17(16-13)11-7-10-3-1-2-4-12(10)14-8-11/h1-4,7-9H,5-6H2,(H,15,16,18). The van der Waals surface area contributed by atoms with Crippen LogP contribution < -0.4 is 10.3 Å². The largest absolute Gasteiger partial charge is 0.315 e. The van der Waals surface area contributed by atoms with Crippen molar-refractivity contribution in [1.29, 1.82) is 0 Å². The first-order valence-electron chi connectivity index (χ1n) is 5.77. The molecule has 1 N–H and O–H groups in total. The van der Waals surface area contributed by atoms with Crippen LogP contribution in [0.25, 0.3) is 10.9 Å². The van der Waals surface area contributed by atoms with Crippen LogP contribution >= 0.6 is 0 Å². The Kier molecular flexibility index (Phi) is 2.64. The van der Waals surface area contributed by atoms with Gasteiger partial charge in [0.25, 0.3) is 0 Å². The van der Waals surface area contributed by atoms with Crippen molar-refractivity contribution in [3.8, 4) is 0 Å². The third kappa shape index (κ3) is 1.90. The van der Waals surface area contributed by atoms with Gasteiger partial charge in [0.1, 0.15) is 5.84 Å². The molecule has 3 rings (SSSR count). The molecule has 1 aromatic carbocycles. The normalized spacial score (nSPS) is 14.7. The molecule has 2 heterocycles. The highest BCUT2D eigenvalue weighted by atomic mass is 16.1. The summed E-state index contributed by atoms with van der Waals surface area (Å²) in [6.07, 6.45) is 3.20. The number of para-hydroxylation sites is 1. The second kappa shape index (κ2) is 4.44. The van der Waals surface area contributed by atoms with Crippen molar-refractivity contribution in [3.05, 3.63) is 36.5 Å². The monoisotopic (exact) mass is 240 g/mol. The maximum atomic E-state index is 10.4. The molecule has 0 spiro atoms. The summed E-state index contributed by atoms with van der Waals surface area (Å²) in [4.78, 5) is 14.8. The maximum absolute atomic E-state index is 10.4. The number of nitrogens with one attached hydrogen (secondary N) is 1. The number of anilines is 1. The predicted molar refractivity (Wildman–Crippen MR) is 70.3 cm³/mol. The van der Waals surface area contributed by atoms with Gasteiger partial charge in [-0.3, -0.25) is 14.8 Å². The van der Waals surface area contributed by atoms with Crippen molar-refractivity contribution in [2.45, 2.75) is 6.42 Å². The van der Waals surface area contributed by atoms with E-state index in [0.717, 1.165) is 29.6 Å². The number of hydrogen-bond acceptors (Lipinski definition) is 4. The van der Waals surface area contributed by atoms with Gasteiger partial charge in [0.05, 0.1) is 17.4 Å². The molecule has 0 unspecified atom stereocenters. The van der Waals surface area contributed by atoms with Crippen molar-refractivity contribution >= 4 is 28.8 Å². The quantitative estimate of drug-likeness (QED) is 0.809. The van der Waals surface area contributed by atoms with Gasteiger partial charge in [-0.25, -0.2) is 0 Å². The summed E-state index contributed by atoms with van der Waals surface area (Å²) < 4.78 is 0. The van der Waals surface area contributed by atoms with E-state index in [1.54, 1.807) is 6.20 Å². The van der Waals surface area contributed by atoms with Crippen molar-refractivity contribution in [1.82, 2.24) is 10.3 Å². The number of nitrogens with zero attached hydrogens (tertiary/aromatic N) is 3. The molecular weight excluding hydrogens is 228 g/mol. The molecule has 1 amide bonds. The van der Waals surface area contributed by atoms with Crippen LogP contribution in [0.15, 0.2) is 41.6 Å². The number of rotatable bonds is 2. The lowest BCUT2D eigenvalue weighted by molar-refractivity contribution is -0.108. The molecule has 1 aliphatic rings. The number of amides is 1. The van der Waals surface area contributed by atoms with E-state index in [4.69, 9.17) is 0 Å². The fourth-order valence-electron chi connectivity index (χ4n) is 2.01. The summed E-state index contributed by atoms with van der Waals surface area (Å²) in [5.74, 6) is 0.693. The zero-order valence-corrected chi connectivity index (χ0v) is 9.71. The Balaban J connectivity index is 1.93. The van der Waals surface area contributed by atoms with Crippen molar-refractivity contribution in [3.63, 3.8) is 0 Å². The minimum absolute atomic E-state index is 0.654. The summed E-state index contributed by atoms with van der Waals surface area (Å²) in [5.41, 5.74) is 1.91. The van der Waals surface area contributed by atoms with E-state index in [0.29, 0.717) is 12.2 Å². The van der Waals surface area contributed by atoms with Crippen LogP contribution in [0.4, 0.5) is 5.69 Å². The molecular formula is C13H12N4O. The maximum Gasteiger partial charge on any atom is 0.212 e. The van der Waals surface area contributed by atoms with E-state index >= 15 is 0 Å². The smallest absolute Gasteiger partial charge is 0.212 e. The molecule has 5 nitrogen and oxygen atoms in total. The lowest BCUT2D eigenvalue weighted by atomic mass is 10.2. The highest BCUT2D eigenvalue weighted by Crippen LogP contribution is 2.22. The molecule has 0 fully saturated rings. The van der Waals surface area contributed by atoms with E-state index < -0.39 is 0 Å². The summed E-state index contributed by atoms with van der Waals surface area (Å²) in [5, 5.41) is 9.85. The lowest BCUT2D eigenvalue weighted by Crippen LogP contribution is -2.18. The Labute approximate surface area is 104 Å². The number of benzene rings is 1. The van der Waals surface area contributed by atoms with Gasteiger partial charge in [-0.15, -0.1) is 0 Å². The van der Waals surface area contributed by atoms with Crippen LogP contribution in [-0.2, 0) is 4.79 Å². The Bertz CT molecular complexity index is 623. The molecule has 0 aliphatic carbocycles. The van der Waals surface area contributed by atoms with Crippen molar-refractivity contribution in [2.75, 3.05) is 11.6 Å². The lowest BCUT2D eigenvalue weighted by Gasteiger charge is -2.13. The fourth-order valence-corrected chi connectivity index (χ4v) is 2.01. The molecule has 2 aromatic rings. The van der Waals surface area contributed by atoms with Gasteiger partial charge in [0.15, 0.2) is 0 Å². The van der Waals surface area contributed by atoms with Gasteiger partial charge < -0.3 is 5.32 Å². The molecule has 1 aliphatic heterocycles. The molecule has 5 heteroatoms. The highest BCUT2D eigenvalue weighted by molar-refractivity contribution is 5.93. The first-order valence-corrected chi connectivity index (χ1v) is 5.77. The van der Waals surface area contributed by atoms with E-state index in [1.165, 1.54) is 0 Å². The highest BCUT2D eigenvalue weighted by Gasteiger charge is 2.15. The Morgan fingerprint density at radius 1 is 1.33 bits per heavy atom. The fraction of sp³-hybridized carbons (Fsp3) is 0.154. The summed E-state index contributed by atoms with van der Waals surface area (Å²) >= 11 is 0. The van der Waals surface area contributed by atoms with Crippen LogP contribution in [0.3, 0.4) is 0 Å². The van der Waals surface area contributed by atoms with Gasteiger partial charge in [0.2, 0.25) is 6.41 Å². The molecule has 90 valence electrons. The Hall–Kier alpha value is -2.43. The first kappa shape index (κ1) is 10.7. The Morgan fingerprint density at radius 2 is 2.22 bits per heavy atom. The number of fused-ring (bicyclic) bond motifs is 1. The summed E-state index contributed by atoms with van der Waals surface area (Å²) in [7, 11) is 0. The van der Waals surface area contributed by atoms with Crippen molar-refractivity contribution in [2.24, 2.45) is 5.10 Å². The van der Waals surface area contributed by atoms with Gasteiger partial charge in [0, 0.05) is 18.4 Å². The third-order valence-corrected chi connectivity index (χ3v) is 2.90. The second-order valence-electron chi connectivity index (χ2n) is 4.07. The number of hydrogen-bond donors (Lipinski definition) is 1. The zero-order valence-electron chi connectivity index (χ0n) is 9.71. The summed E-state index contributed by atoms with van der Waals surface area (Å²) in [6, 6.07) is 10.0. The van der Waals surface area contributed by atoms with Gasteiger partial charge >= 0.3 is 0 Å². The zero-order chi connectivity index (χ0) is 12.4. The molecule has 0 atom stereocenters. The van der Waals surface area contributed by atoms with Crippen LogP contribution in [0.2, 0.25) is 0 Å². The number of carbonyl (C=O) groups excluding carboxylic acids is 1. The molecule has 1 aromatic heterocycles.